The minimum absolute atomic E-state index is 0.0607. The summed E-state index contributed by atoms with van der Waals surface area (Å²) in [6.45, 7) is 1.60. The van der Waals surface area contributed by atoms with Crippen LogP contribution in [0.15, 0.2) is 25.5 Å². The van der Waals surface area contributed by atoms with Gasteiger partial charge in [-0.15, -0.1) is 11.3 Å². The maximum atomic E-state index is 12.1. The van der Waals surface area contributed by atoms with Gasteiger partial charge in [-0.3, -0.25) is 0 Å². The Kier molecular flexibility index (Phi) is 3.65. The Morgan fingerprint density at radius 1 is 1.58 bits per heavy atom. The predicted octanol–water partition coefficient (Wildman–Crippen LogP) is 2.31. The average molecular weight is 367 g/mol. The summed E-state index contributed by atoms with van der Waals surface area (Å²) in [5.41, 5.74) is 0.468. The third kappa shape index (κ3) is 2.65. The highest BCUT2D eigenvalue weighted by molar-refractivity contribution is 9.10. The second-order valence-electron chi connectivity index (χ2n) is 3.45. The molecule has 2 rings (SSSR count). The lowest BCUT2D eigenvalue weighted by Crippen LogP contribution is -2.15. The van der Waals surface area contributed by atoms with E-state index in [1.165, 1.54) is 11.4 Å². The van der Waals surface area contributed by atoms with Gasteiger partial charge in [0.1, 0.15) is 9.77 Å². The van der Waals surface area contributed by atoms with Gasteiger partial charge in [-0.05, 0) is 34.3 Å². The van der Waals surface area contributed by atoms with E-state index in [9.17, 15) is 13.2 Å². The molecule has 2 N–H and O–H groups in total. The van der Waals surface area contributed by atoms with Gasteiger partial charge in [0.25, 0.3) is 10.0 Å². The van der Waals surface area contributed by atoms with E-state index in [0.717, 1.165) is 11.3 Å². The van der Waals surface area contributed by atoms with Crippen LogP contribution in [0.1, 0.15) is 15.2 Å². The first-order valence-corrected chi connectivity index (χ1v) is 7.94. The van der Waals surface area contributed by atoms with Crippen LogP contribution in [0.2, 0.25) is 0 Å². The number of anilines is 1. The van der Waals surface area contributed by atoms with Gasteiger partial charge in [0.05, 0.1) is 0 Å². The Morgan fingerprint density at radius 3 is 2.79 bits per heavy atom. The summed E-state index contributed by atoms with van der Waals surface area (Å²) in [4.78, 5) is 10.4. The Labute approximate surface area is 120 Å². The van der Waals surface area contributed by atoms with Crippen LogP contribution in [0.5, 0.6) is 0 Å². The number of aromatic carboxylic acids is 1. The number of hydrogen-bond acceptors (Lipinski definition) is 6. The molecular formula is C9H7BrN2O5S2. The van der Waals surface area contributed by atoms with E-state index in [4.69, 9.17) is 9.63 Å². The Bertz CT molecular complexity index is 734. The smallest absolute Gasteiger partial charge is 0.347 e. The van der Waals surface area contributed by atoms with Crippen molar-refractivity contribution < 1.29 is 22.8 Å². The zero-order valence-corrected chi connectivity index (χ0v) is 12.6. The second kappa shape index (κ2) is 4.94. The van der Waals surface area contributed by atoms with Crippen molar-refractivity contribution in [1.82, 2.24) is 5.16 Å². The molecule has 0 saturated heterocycles. The number of carboxylic acid groups (broad SMARTS) is 1. The number of carbonyl (C=O) groups is 1. The first-order valence-electron chi connectivity index (χ1n) is 4.78. The molecule has 0 aromatic carbocycles. The van der Waals surface area contributed by atoms with Crippen molar-refractivity contribution >= 4 is 49.1 Å². The van der Waals surface area contributed by atoms with Gasteiger partial charge >= 0.3 is 5.97 Å². The minimum Gasteiger partial charge on any atom is -0.477 e. The molecule has 102 valence electrons. The third-order valence-electron chi connectivity index (χ3n) is 2.21. The second-order valence-corrected chi connectivity index (χ2v) is 6.77. The number of hydrogen-bond donors (Lipinski definition) is 2. The van der Waals surface area contributed by atoms with Crippen molar-refractivity contribution in [3.8, 4) is 0 Å². The average Bonchev–Trinajstić information content (AvgIpc) is 2.91. The van der Waals surface area contributed by atoms with Gasteiger partial charge in [-0.1, -0.05) is 5.16 Å². The molecule has 0 radical (unpaired) electrons. The summed E-state index contributed by atoms with van der Waals surface area (Å²) in [5, 5.41) is 13.8. The number of carboxylic acids is 1. The van der Waals surface area contributed by atoms with Crippen molar-refractivity contribution in [3.05, 3.63) is 26.5 Å². The summed E-state index contributed by atoms with van der Waals surface area (Å²) in [5.74, 6) is -1.36. The quantitative estimate of drug-likeness (QED) is 0.858. The Morgan fingerprint density at radius 2 is 2.26 bits per heavy atom. The molecule has 0 aliphatic heterocycles. The van der Waals surface area contributed by atoms with Crippen LogP contribution in [-0.4, -0.2) is 24.7 Å². The highest BCUT2D eigenvalue weighted by Gasteiger charge is 2.26. The maximum Gasteiger partial charge on any atom is 0.347 e. The molecule has 7 nitrogen and oxygen atoms in total. The molecule has 10 heteroatoms. The molecule has 2 heterocycles. The molecule has 0 unspecified atom stereocenters. The van der Waals surface area contributed by atoms with E-state index in [1.54, 1.807) is 6.92 Å². The SMILES string of the molecule is Cc1c(Br)noc1NS(=O)(=O)c1ccsc1C(=O)O. The van der Waals surface area contributed by atoms with E-state index in [0.29, 0.717) is 10.2 Å². The topological polar surface area (TPSA) is 110 Å². The molecule has 2 aromatic heterocycles. The number of sulfonamides is 1. The van der Waals surface area contributed by atoms with E-state index >= 15 is 0 Å². The Hall–Kier alpha value is -1.39. The molecule has 0 atom stereocenters. The lowest BCUT2D eigenvalue weighted by molar-refractivity contribution is 0.0698. The highest BCUT2D eigenvalue weighted by Crippen LogP contribution is 2.28. The van der Waals surface area contributed by atoms with Crippen LogP contribution in [-0.2, 0) is 10.0 Å². The van der Waals surface area contributed by atoms with Crippen molar-refractivity contribution in [2.24, 2.45) is 0 Å². The molecule has 0 aliphatic rings. The van der Waals surface area contributed by atoms with E-state index in [-0.39, 0.29) is 15.7 Å². The fourth-order valence-electron chi connectivity index (χ4n) is 1.25. The van der Waals surface area contributed by atoms with Crippen molar-refractivity contribution in [2.75, 3.05) is 4.72 Å². The standard InChI is InChI=1S/C9H7BrN2O5S2/c1-4-7(10)11-17-8(4)12-19(15,16)5-2-3-18-6(5)9(13)14/h2-3,12H,1H3,(H,13,14). The van der Waals surface area contributed by atoms with Gasteiger partial charge in [0.15, 0.2) is 4.60 Å². The number of nitrogens with one attached hydrogen (secondary N) is 1. The number of aromatic nitrogens is 1. The van der Waals surface area contributed by atoms with Crippen molar-refractivity contribution in [1.29, 1.82) is 0 Å². The third-order valence-corrected chi connectivity index (χ3v) is 5.35. The normalized spacial score (nSPS) is 11.5. The van der Waals surface area contributed by atoms with Crippen LogP contribution in [0, 0.1) is 6.92 Å². The molecule has 0 aliphatic carbocycles. The minimum atomic E-state index is -4.03. The molecule has 0 spiro atoms. The van der Waals surface area contributed by atoms with Gasteiger partial charge in [-0.25, -0.2) is 17.9 Å². The predicted molar refractivity (Wildman–Crippen MR) is 71.0 cm³/mol. The maximum absolute atomic E-state index is 12.1. The van der Waals surface area contributed by atoms with Crippen LogP contribution < -0.4 is 4.72 Å². The number of thiophene rings is 1. The first-order chi connectivity index (χ1) is 8.83. The zero-order chi connectivity index (χ0) is 14.2. The fraction of sp³-hybridized carbons (Fsp3) is 0.111. The molecule has 0 bridgehead atoms. The molecule has 2 aromatic rings. The van der Waals surface area contributed by atoms with Crippen LogP contribution in [0.25, 0.3) is 0 Å². The van der Waals surface area contributed by atoms with Crippen LogP contribution >= 0.6 is 27.3 Å². The summed E-state index contributed by atoms with van der Waals surface area (Å²) >= 11 is 3.91. The molecule has 0 amide bonds. The highest BCUT2D eigenvalue weighted by atomic mass is 79.9. The lowest BCUT2D eigenvalue weighted by Gasteiger charge is -2.04. The summed E-state index contributed by atoms with van der Waals surface area (Å²) in [6, 6.07) is 1.22. The summed E-state index contributed by atoms with van der Waals surface area (Å²) < 4.78 is 31.5. The molecular weight excluding hydrogens is 360 g/mol. The van der Waals surface area contributed by atoms with Crippen LogP contribution in [0.4, 0.5) is 5.88 Å². The van der Waals surface area contributed by atoms with Gasteiger partial charge < -0.3 is 9.63 Å². The summed E-state index contributed by atoms with van der Waals surface area (Å²) in [7, 11) is -4.03. The van der Waals surface area contributed by atoms with Crippen molar-refractivity contribution in [2.45, 2.75) is 11.8 Å². The number of halogens is 1. The van der Waals surface area contributed by atoms with E-state index < -0.39 is 16.0 Å². The number of nitrogens with zero attached hydrogens (tertiary/aromatic N) is 1. The van der Waals surface area contributed by atoms with Crippen LogP contribution in [0.3, 0.4) is 0 Å². The van der Waals surface area contributed by atoms with Crippen molar-refractivity contribution in [3.63, 3.8) is 0 Å². The monoisotopic (exact) mass is 366 g/mol. The van der Waals surface area contributed by atoms with E-state index in [2.05, 4.69) is 25.8 Å². The van der Waals surface area contributed by atoms with Gasteiger partial charge in [0.2, 0.25) is 5.88 Å². The Balaban J connectivity index is 2.41. The zero-order valence-electron chi connectivity index (χ0n) is 9.38. The lowest BCUT2D eigenvalue weighted by atomic mass is 10.4. The van der Waals surface area contributed by atoms with Gasteiger partial charge in [0, 0.05) is 5.56 Å². The fourth-order valence-corrected chi connectivity index (χ4v) is 3.81. The first kappa shape index (κ1) is 14.0. The summed E-state index contributed by atoms with van der Waals surface area (Å²) in [6.07, 6.45) is 0. The van der Waals surface area contributed by atoms with Gasteiger partial charge in [-0.2, -0.15) is 0 Å². The van der Waals surface area contributed by atoms with E-state index in [1.807, 2.05) is 0 Å². The molecule has 0 saturated carbocycles. The number of rotatable bonds is 4. The molecule has 0 fully saturated rings. The largest absolute Gasteiger partial charge is 0.477 e. The molecule has 19 heavy (non-hydrogen) atoms.